The molecule has 4 rings (SSSR count). The summed E-state index contributed by atoms with van der Waals surface area (Å²) in [6.45, 7) is 15.3. The van der Waals surface area contributed by atoms with Crippen LogP contribution in [0, 0.1) is 20.8 Å². The van der Waals surface area contributed by atoms with Crippen molar-refractivity contribution in [1.82, 2.24) is 19.8 Å². The van der Waals surface area contributed by atoms with Crippen molar-refractivity contribution in [3.8, 4) is 0 Å². The lowest BCUT2D eigenvalue weighted by Crippen LogP contribution is -2.59. The molecule has 10 heteroatoms. The first kappa shape index (κ1) is 28.0. The molecule has 3 heterocycles. The molecule has 0 saturated carbocycles. The van der Waals surface area contributed by atoms with Gasteiger partial charge in [-0.05, 0) is 52.7 Å². The molecule has 1 aromatic carbocycles. The zero-order valence-electron chi connectivity index (χ0n) is 23.4. The number of benzene rings is 1. The Morgan fingerprint density at radius 1 is 1.05 bits per heavy atom. The minimum atomic E-state index is -0.596. The maximum Gasteiger partial charge on any atom is 0.411 e. The number of anilines is 2. The van der Waals surface area contributed by atoms with Crippen LogP contribution in [0.4, 0.5) is 16.6 Å². The van der Waals surface area contributed by atoms with Crippen LogP contribution in [0.3, 0.4) is 0 Å². The molecular weight excluding hydrogens is 500 g/mol. The summed E-state index contributed by atoms with van der Waals surface area (Å²) in [5.74, 6) is 2.85. The number of aryl methyl sites for hydroxylation is 3. The molecule has 2 aromatic rings. The van der Waals surface area contributed by atoms with E-state index >= 15 is 0 Å². The van der Waals surface area contributed by atoms with Gasteiger partial charge in [-0.3, -0.25) is 9.69 Å². The van der Waals surface area contributed by atoms with Gasteiger partial charge in [0.2, 0.25) is 11.9 Å². The number of nitrogens with zero attached hydrogens (tertiary/aromatic N) is 5. The highest BCUT2D eigenvalue weighted by Gasteiger charge is 2.38. The monoisotopic (exact) mass is 540 g/mol. The van der Waals surface area contributed by atoms with E-state index in [1.807, 2.05) is 38.7 Å². The minimum absolute atomic E-state index is 0.0105. The number of hydrogen-bond donors (Lipinski definition) is 1. The largest absolute Gasteiger partial charge is 0.444 e. The van der Waals surface area contributed by atoms with Crippen molar-refractivity contribution in [3.05, 3.63) is 46.6 Å². The van der Waals surface area contributed by atoms with Gasteiger partial charge in [0, 0.05) is 62.5 Å². The van der Waals surface area contributed by atoms with Gasteiger partial charge >= 0.3 is 6.09 Å². The summed E-state index contributed by atoms with van der Waals surface area (Å²) in [7, 11) is 0. The normalized spacial score (nSPS) is 18.4. The van der Waals surface area contributed by atoms with Crippen LogP contribution >= 0.6 is 11.8 Å². The fourth-order valence-corrected chi connectivity index (χ4v) is 5.74. The van der Waals surface area contributed by atoms with Crippen molar-refractivity contribution < 1.29 is 14.3 Å². The maximum atomic E-state index is 13.5. The van der Waals surface area contributed by atoms with Gasteiger partial charge in [-0.1, -0.05) is 23.8 Å². The first-order valence-electron chi connectivity index (χ1n) is 13.3. The Labute approximate surface area is 230 Å². The second-order valence-electron chi connectivity index (χ2n) is 11.1. The third-order valence-electron chi connectivity index (χ3n) is 6.72. The van der Waals surface area contributed by atoms with Crippen LogP contribution in [0.1, 0.15) is 43.2 Å². The van der Waals surface area contributed by atoms with E-state index in [-0.39, 0.29) is 5.91 Å². The van der Waals surface area contributed by atoms with Gasteiger partial charge in [-0.25, -0.2) is 9.78 Å². The number of carbonyl (C=O) groups is 2. The Hall–Kier alpha value is -3.01. The second kappa shape index (κ2) is 11.8. The van der Waals surface area contributed by atoms with Gasteiger partial charge < -0.3 is 19.9 Å². The Balaban J connectivity index is 1.37. The molecule has 206 valence electrons. The van der Waals surface area contributed by atoms with Crippen LogP contribution in [0.15, 0.2) is 24.3 Å². The highest BCUT2D eigenvalue weighted by molar-refractivity contribution is 7.99. The fraction of sp³-hybridized carbons (Fsp3) is 0.571. The molecule has 0 aliphatic carbocycles. The van der Waals surface area contributed by atoms with Crippen LogP contribution in [0.5, 0.6) is 0 Å². The van der Waals surface area contributed by atoms with Crippen molar-refractivity contribution in [2.75, 3.05) is 54.4 Å². The third kappa shape index (κ3) is 7.09. The standard InChI is InChI=1S/C28H40N6O3S/c1-19-7-8-22(20(2)15-19)17-29-24-16-21(3)30-26(31-24)33-11-9-32(10-12-33)25(35)23-18-38-14-13-34(23)27(36)37-28(4,5)6/h7-8,15-16,23H,9-14,17-18H2,1-6H3,(H,29,30,31)/t23-/m0/s1. The summed E-state index contributed by atoms with van der Waals surface area (Å²) in [6, 6.07) is 7.93. The predicted molar refractivity (Wildman–Crippen MR) is 153 cm³/mol. The molecule has 2 amide bonds. The van der Waals surface area contributed by atoms with Gasteiger partial charge in [0.05, 0.1) is 0 Å². The van der Waals surface area contributed by atoms with E-state index in [4.69, 9.17) is 9.72 Å². The van der Waals surface area contributed by atoms with E-state index in [2.05, 4.69) is 47.2 Å². The number of rotatable bonds is 5. The fourth-order valence-electron chi connectivity index (χ4n) is 4.70. The van der Waals surface area contributed by atoms with E-state index in [0.717, 1.165) is 17.3 Å². The lowest BCUT2D eigenvalue weighted by atomic mass is 10.1. The van der Waals surface area contributed by atoms with Crippen LogP contribution in [0.2, 0.25) is 0 Å². The summed E-state index contributed by atoms with van der Waals surface area (Å²) >= 11 is 1.71. The molecule has 0 unspecified atom stereocenters. The summed E-state index contributed by atoms with van der Waals surface area (Å²) in [5, 5.41) is 3.45. The summed E-state index contributed by atoms with van der Waals surface area (Å²) in [4.78, 5) is 41.3. The van der Waals surface area contributed by atoms with Crippen molar-refractivity contribution >= 4 is 35.5 Å². The number of carbonyl (C=O) groups excluding carboxylic acids is 2. The molecule has 0 spiro atoms. The van der Waals surface area contributed by atoms with E-state index in [1.54, 1.807) is 16.7 Å². The van der Waals surface area contributed by atoms with Crippen molar-refractivity contribution in [2.24, 2.45) is 0 Å². The topological polar surface area (TPSA) is 90.9 Å². The number of nitrogens with one attached hydrogen (secondary N) is 1. The molecule has 2 saturated heterocycles. The highest BCUT2D eigenvalue weighted by Crippen LogP contribution is 2.23. The van der Waals surface area contributed by atoms with E-state index in [9.17, 15) is 9.59 Å². The van der Waals surface area contributed by atoms with E-state index in [1.165, 1.54) is 16.7 Å². The summed E-state index contributed by atoms with van der Waals surface area (Å²) in [6.07, 6.45) is -0.413. The maximum absolute atomic E-state index is 13.5. The predicted octanol–water partition coefficient (Wildman–Crippen LogP) is 4.02. The Morgan fingerprint density at radius 3 is 2.47 bits per heavy atom. The number of hydrogen-bond acceptors (Lipinski definition) is 8. The zero-order valence-corrected chi connectivity index (χ0v) is 24.2. The molecule has 2 aliphatic rings. The van der Waals surface area contributed by atoms with Gasteiger partial charge in [-0.2, -0.15) is 16.7 Å². The number of piperazine rings is 1. The molecule has 9 nitrogen and oxygen atoms in total. The third-order valence-corrected chi connectivity index (χ3v) is 7.74. The van der Waals surface area contributed by atoms with Crippen molar-refractivity contribution in [2.45, 2.75) is 59.7 Å². The Kier molecular flexibility index (Phi) is 8.70. The second-order valence-corrected chi connectivity index (χ2v) is 12.2. The SMILES string of the molecule is Cc1ccc(CNc2cc(C)nc(N3CCN(C(=O)[C@@H]4CSCCN4C(=O)OC(C)(C)C)CC3)n2)c(C)c1. The smallest absolute Gasteiger partial charge is 0.411 e. The number of aromatic nitrogens is 2. The van der Waals surface area contributed by atoms with Gasteiger partial charge in [-0.15, -0.1) is 0 Å². The van der Waals surface area contributed by atoms with Crippen LogP contribution in [0.25, 0.3) is 0 Å². The average Bonchev–Trinajstić information content (AvgIpc) is 2.86. The molecule has 0 radical (unpaired) electrons. The first-order chi connectivity index (χ1) is 18.0. The number of thioether (sulfide) groups is 1. The quantitative estimate of drug-likeness (QED) is 0.608. The molecule has 1 atom stereocenters. The molecule has 2 fully saturated rings. The van der Waals surface area contributed by atoms with Crippen LogP contribution < -0.4 is 10.2 Å². The van der Waals surface area contributed by atoms with Crippen LogP contribution in [-0.2, 0) is 16.1 Å². The lowest BCUT2D eigenvalue weighted by Gasteiger charge is -2.40. The molecule has 1 aromatic heterocycles. The average molecular weight is 541 g/mol. The van der Waals surface area contributed by atoms with E-state index in [0.29, 0.717) is 51.0 Å². The van der Waals surface area contributed by atoms with Crippen molar-refractivity contribution in [1.29, 1.82) is 0 Å². The Morgan fingerprint density at radius 2 is 1.79 bits per heavy atom. The van der Waals surface area contributed by atoms with Gasteiger partial charge in [0.25, 0.3) is 0 Å². The van der Waals surface area contributed by atoms with E-state index < -0.39 is 17.7 Å². The molecule has 38 heavy (non-hydrogen) atoms. The lowest BCUT2D eigenvalue weighted by molar-refractivity contribution is -0.136. The molecular formula is C28H40N6O3S. The highest BCUT2D eigenvalue weighted by atomic mass is 32.2. The first-order valence-corrected chi connectivity index (χ1v) is 14.4. The summed E-state index contributed by atoms with van der Waals surface area (Å²) in [5.41, 5.74) is 4.04. The molecule has 1 N–H and O–H groups in total. The van der Waals surface area contributed by atoms with Gasteiger partial charge in [0.1, 0.15) is 17.5 Å². The number of amides is 2. The molecule has 2 aliphatic heterocycles. The number of ether oxygens (including phenoxy) is 1. The summed E-state index contributed by atoms with van der Waals surface area (Å²) < 4.78 is 5.58. The zero-order chi connectivity index (χ0) is 27.4. The van der Waals surface area contributed by atoms with Gasteiger partial charge in [0.15, 0.2) is 0 Å². The van der Waals surface area contributed by atoms with Crippen LogP contribution in [-0.4, -0.2) is 87.6 Å². The van der Waals surface area contributed by atoms with Crippen molar-refractivity contribution in [3.63, 3.8) is 0 Å². The Bertz CT molecular complexity index is 1160. The molecule has 0 bridgehead atoms. The minimum Gasteiger partial charge on any atom is -0.444 e.